The van der Waals surface area contributed by atoms with E-state index < -0.39 is 0 Å². The first-order chi connectivity index (χ1) is 31.7. The number of aromatic hydroxyl groups is 9. The van der Waals surface area contributed by atoms with Crippen molar-refractivity contribution in [3.05, 3.63) is 185 Å². The molecule has 8 aromatic rings. The van der Waals surface area contributed by atoms with Gasteiger partial charge >= 0.3 is 0 Å². The summed E-state index contributed by atoms with van der Waals surface area (Å²) >= 11 is 0. The smallest absolute Gasteiger partial charge is 0.142 e. The van der Waals surface area contributed by atoms with Crippen LogP contribution in [0.4, 0.5) is 45.5 Å². The number of hydrogen-bond donors (Lipinski definition) is 17. The Balaban J connectivity index is 0.000000182. The van der Waals surface area contributed by atoms with Crippen LogP contribution >= 0.6 is 0 Å². The lowest BCUT2D eigenvalue weighted by molar-refractivity contribution is 0.454. The van der Waals surface area contributed by atoms with E-state index in [2.05, 4.69) is 0 Å². The third-order valence-corrected chi connectivity index (χ3v) is 10.2. The van der Waals surface area contributed by atoms with Crippen LogP contribution < -0.4 is 45.9 Å². The van der Waals surface area contributed by atoms with Gasteiger partial charge in [0.2, 0.25) is 0 Å². The molecule has 0 radical (unpaired) electrons. The first-order valence-corrected chi connectivity index (χ1v) is 20.0. The Morgan fingerprint density at radius 3 is 0.821 bits per heavy atom. The second-order valence-corrected chi connectivity index (χ2v) is 15.1. The molecule has 346 valence electrons. The molecule has 0 unspecified atom stereocenters. The van der Waals surface area contributed by atoms with Crippen LogP contribution in [0.5, 0.6) is 51.7 Å². The van der Waals surface area contributed by atoms with Gasteiger partial charge in [-0.25, -0.2) is 0 Å². The van der Waals surface area contributed by atoms with Gasteiger partial charge in [0, 0.05) is 23.6 Å². The molecule has 0 amide bonds. The van der Waals surface area contributed by atoms with Crippen molar-refractivity contribution in [1.82, 2.24) is 0 Å². The van der Waals surface area contributed by atoms with Crippen molar-refractivity contribution in [2.45, 2.75) is 11.8 Å². The molecule has 0 aliphatic heterocycles. The Labute approximate surface area is 384 Å². The maximum atomic E-state index is 9.95. The zero-order valence-corrected chi connectivity index (χ0v) is 35.7. The normalized spacial score (nSPS) is 10.5. The van der Waals surface area contributed by atoms with Gasteiger partial charge in [-0.15, -0.1) is 0 Å². The maximum absolute atomic E-state index is 9.95. The molecule has 8 aromatic carbocycles. The molecule has 0 aliphatic carbocycles. The van der Waals surface area contributed by atoms with Gasteiger partial charge in [0.1, 0.15) is 51.7 Å². The fraction of sp³-hybridized carbons (Fsp3) is 0.0400. The molecule has 0 atom stereocenters. The van der Waals surface area contributed by atoms with Crippen LogP contribution in [0.3, 0.4) is 0 Å². The van der Waals surface area contributed by atoms with E-state index in [-0.39, 0.29) is 86.3 Å². The topological polar surface area (TPSA) is 390 Å². The van der Waals surface area contributed by atoms with Gasteiger partial charge in [-0.05, 0) is 130 Å². The van der Waals surface area contributed by atoms with E-state index in [0.717, 1.165) is 39.4 Å². The molecule has 0 bridgehead atoms. The Morgan fingerprint density at radius 1 is 0.224 bits per heavy atom. The van der Waals surface area contributed by atoms with Crippen molar-refractivity contribution in [1.29, 1.82) is 0 Å². The van der Waals surface area contributed by atoms with Gasteiger partial charge in [0.05, 0.1) is 39.8 Å². The lowest BCUT2D eigenvalue weighted by Crippen LogP contribution is -2.05. The van der Waals surface area contributed by atoms with Crippen molar-refractivity contribution >= 4 is 45.5 Å². The Hall–Kier alpha value is -9.64. The number of nitrogens with two attached hydrogens (primary N) is 8. The minimum Gasteiger partial charge on any atom is -0.508 e. The van der Waals surface area contributed by atoms with Crippen molar-refractivity contribution in [2.24, 2.45) is 0 Å². The average Bonchev–Trinajstić information content (AvgIpc) is 3.29. The summed E-state index contributed by atoms with van der Waals surface area (Å²) in [4.78, 5) is 0. The Kier molecular flexibility index (Phi) is 15.3. The summed E-state index contributed by atoms with van der Waals surface area (Å²) in [5, 5.41) is 84.9. The van der Waals surface area contributed by atoms with Crippen LogP contribution in [0.25, 0.3) is 0 Å². The minimum atomic E-state index is -0.261. The summed E-state index contributed by atoms with van der Waals surface area (Å²) in [5.41, 5.74) is 51.7. The second-order valence-electron chi connectivity index (χ2n) is 15.1. The van der Waals surface area contributed by atoms with Crippen LogP contribution in [0.1, 0.15) is 45.2 Å². The second kappa shape index (κ2) is 21.2. The number of benzene rings is 8. The molecule has 0 fully saturated rings. The highest BCUT2D eigenvalue weighted by Crippen LogP contribution is 2.39. The van der Waals surface area contributed by atoms with Crippen molar-refractivity contribution in [3.8, 4) is 51.7 Å². The van der Waals surface area contributed by atoms with Crippen LogP contribution in [-0.2, 0) is 0 Å². The van der Waals surface area contributed by atoms with E-state index in [1.165, 1.54) is 18.2 Å². The number of rotatable bonds is 6. The zero-order chi connectivity index (χ0) is 49.1. The van der Waals surface area contributed by atoms with E-state index in [1.807, 2.05) is 24.3 Å². The van der Waals surface area contributed by atoms with Gasteiger partial charge in [-0.3, -0.25) is 0 Å². The van der Waals surface area contributed by atoms with Crippen LogP contribution in [0.15, 0.2) is 152 Å². The summed E-state index contributed by atoms with van der Waals surface area (Å²) in [6, 6.07) is 40.7. The first-order valence-electron chi connectivity index (χ1n) is 20.0. The van der Waals surface area contributed by atoms with E-state index in [0.29, 0.717) is 22.7 Å². The highest BCUT2D eigenvalue weighted by atomic mass is 16.3. The van der Waals surface area contributed by atoms with Crippen LogP contribution in [0, 0.1) is 0 Å². The fourth-order valence-corrected chi connectivity index (χ4v) is 6.66. The lowest BCUT2D eigenvalue weighted by Gasteiger charge is -2.20. The van der Waals surface area contributed by atoms with Crippen molar-refractivity contribution in [3.63, 3.8) is 0 Å². The summed E-state index contributed by atoms with van der Waals surface area (Å²) in [5.74, 6) is -0.345. The van der Waals surface area contributed by atoms with Gasteiger partial charge in [0.15, 0.2) is 0 Å². The summed E-state index contributed by atoms with van der Waals surface area (Å²) in [7, 11) is 0. The lowest BCUT2D eigenvalue weighted by atomic mass is 9.84. The Morgan fingerprint density at radius 2 is 0.507 bits per heavy atom. The molecule has 17 heteroatoms. The summed E-state index contributed by atoms with van der Waals surface area (Å²) < 4.78 is 0. The van der Waals surface area contributed by atoms with Gasteiger partial charge in [-0.2, -0.15) is 0 Å². The molecule has 67 heavy (non-hydrogen) atoms. The molecular weight excluding hydrogens is 857 g/mol. The van der Waals surface area contributed by atoms with E-state index in [1.54, 1.807) is 103 Å². The minimum absolute atomic E-state index is 0.00375. The van der Waals surface area contributed by atoms with Crippen molar-refractivity contribution < 1.29 is 46.0 Å². The third-order valence-electron chi connectivity index (χ3n) is 10.2. The number of anilines is 8. The monoisotopic (exact) mass is 908 g/mol. The number of nitrogen functional groups attached to an aromatic ring is 8. The van der Waals surface area contributed by atoms with Crippen LogP contribution in [0.2, 0.25) is 0 Å². The predicted octanol–water partition coefficient (Wildman–Crippen LogP) is 7.11. The summed E-state index contributed by atoms with van der Waals surface area (Å²) in [6.07, 6.45) is 0. The zero-order valence-electron chi connectivity index (χ0n) is 35.7. The molecule has 8 rings (SSSR count). The Bertz CT molecular complexity index is 2670. The molecule has 17 nitrogen and oxygen atoms in total. The first kappa shape index (κ1) is 48.4. The molecule has 25 N–H and O–H groups in total. The average molecular weight is 909 g/mol. The number of phenolic OH excluding ortho intramolecular Hbond substituents is 9. The molecule has 0 saturated heterocycles. The van der Waals surface area contributed by atoms with Crippen LogP contribution in [-0.4, -0.2) is 46.0 Å². The van der Waals surface area contributed by atoms with Crippen molar-refractivity contribution in [2.75, 3.05) is 45.9 Å². The SMILES string of the molecule is Nc1cc(C(c2ccc(O)cc2)c2ccc(O)c(N)c2)ccc1O.Nc1cc(N)c(O)cc1O.Nc1ccc(C(c2ccc(O)cc2)c2ccc(N)c(O)c2)cc1O.Nc1ccc(O)c(N)c1. The molecule has 0 heterocycles. The summed E-state index contributed by atoms with van der Waals surface area (Å²) in [6.45, 7) is 0. The van der Waals surface area contributed by atoms with E-state index >= 15 is 0 Å². The van der Waals surface area contributed by atoms with Gasteiger partial charge in [0.25, 0.3) is 0 Å². The molecule has 0 spiro atoms. The van der Waals surface area contributed by atoms with E-state index in [4.69, 9.17) is 61.2 Å². The van der Waals surface area contributed by atoms with Gasteiger partial charge in [-0.1, -0.05) is 48.5 Å². The standard InChI is InChI=1S/2C19H18N2O3.C6H8N2O2.C6H8N2O/c20-15-9-12(3-7-17(15)23)19(11-1-5-14(22)6-2-11)13-4-8-18(24)16(21)10-13;20-15-7-3-12(9-17(15)23)19(11-1-5-14(22)6-2-11)13-4-8-16(21)18(24)10-13;7-3-1-4(8)6(10)2-5(3)9;7-4-1-2-6(9)5(8)3-4/h2*1-10,19,22-24H,20-21H2;1-2,9-10H,7-8H2;1-3,9H,7-8H2. The molecule has 0 aliphatic rings. The fourth-order valence-electron chi connectivity index (χ4n) is 6.66. The number of phenols is 9. The molecule has 0 aromatic heterocycles. The third kappa shape index (κ3) is 12.5. The van der Waals surface area contributed by atoms with Gasteiger partial charge < -0.3 is 91.8 Å². The molecule has 0 saturated carbocycles. The predicted molar refractivity (Wildman–Crippen MR) is 264 cm³/mol. The molecular formula is C50H52N8O9. The highest BCUT2D eigenvalue weighted by molar-refractivity contribution is 5.67. The maximum Gasteiger partial charge on any atom is 0.142 e. The largest absolute Gasteiger partial charge is 0.508 e. The van der Waals surface area contributed by atoms with E-state index in [9.17, 15) is 30.6 Å². The number of hydrogen-bond acceptors (Lipinski definition) is 17. The quantitative estimate of drug-likeness (QED) is 0.0342. The highest BCUT2D eigenvalue weighted by Gasteiger charge is 2.21.